The molecule has 0 radical (unpaired) electrons. The quantitative estimate of drug-likeness (QED) is 0.797. The first-order valence-corrected chi connectivity index (χ1v) is 8.18. The summed E-state index contributed by atoms with van der Waals surface area (Å²) in [6, 6.07) is 17.4. The molecule has 2 aromatic rings. The molecule has 0 saturated carbocycles. The van der Waals surface area contributed by atoms with E-state index in [1.807, 2.05) is 30.3 Å². The van der Waals surface area contributed by atoms with Gasteiger partial charge in [-0.25, -0.2) is 8.42 Å². The molecule has 0 saturated heterocycles. The zero-order valence-electron chi connectivity index (χ0n) is 11.7. The van der Waals surface area contributed by atoms with Crippen LogP contribution in [0.1, 0.15) is 12.5 Å². The van der Waals surface area contributed by atoms with E-state index in [4.69, 9.17) is 0 Å². The van der Waals surface area contributed by atoms with Gasteiger partial charge in [0.2, 0.25) is 0 Å². The Morgan fingerprint density at radius 1 is 0.952 bits per heavy atom. The van der Waals surface area contributed by atoms with Gasteiger partial charge in [-0.2, -0.15) is 0 Å². The monoisotopic (exact) mass is 300 g/mol. The van der Waals surface area contributed by atoms with Crippen molar-refractivity contribution >= 4 is 21.7 Å². The Morgan fingerprint density at radius 2 is 1.48 bits per heavy atom. The SMILES string of the molecule is CC(=O)/C(=C/c1ccccc1)CS(=O)(=O)c1ccccc1. The van der Waals surface area contributed by atoms with Crippen LogP contribution in [-0.4, -0.2) is 20.0 Å². The van der Waals surface area contributed by atoms with Crippen molar-refractivity contribution in [2.24, 2.45) is 0 Å². The molecular weight excluding hydrogens is 284 g/mol. The molecular formula is C17H16O3S. The molecule has 0 aliphatic carbocycles. The normalized spacial score (nSPS) is 12.1. The largest absolute Gasteiger partial charge is 0.295 e. The topological polar surface area (TPSA) is 51.2 Å². The number of carbonyl (C=O) groups is 1. The average molecular weight is 300 g/mol. The highest BCUT2D eigenvalue weighted by molar-refractivity contribution is 7.91. The molecule has 0 N–H and O–H groups in total. The van der Waals surface area contributed by atoms with Crippen molar-refractivity contribution in [3.8, 4) is 0 Å². The van der Waals surface area contributed by atoms with Gasteiger partial charge < -0.3 is 0 Å². The van der Waals surface area contributed by atoms with E-state index in [9.17, 15) is 13.2 Å². The van der Waals surface area contributed by atoms with E-state index in [0.717, 1.165) is 5.56 Å². The second kappa shape index (κ2) is 6.50. The molecule has 2 aromatic carbocycles. The van der Waals surface area contributed by atoms with E-state index in [0.29, 0.717) is 0 Å². The fourth-order valence-corrected chi connectivity index (χ4v) is 3.35. The molecule has 3 nitrogen and oxygen atoms in total. The standard InChI is InChI=1S/C17H16O3S/c1-14(18)16(12-15-8-4-2-5-9-15)13-21(19,20)17-10-6-3-7-11-17/h2-12H,13H2,1H3/b16-12+. The smallest absolute Gasteiger partial charge is 0.182 e. The molecule has 4 heteroatoms. The van der Waals surface area contributed by atoms with Gasteiger partial charge in [0.1, 0.15) is 0 Å². The summed E-state index contributed by atoms with van der Waals surface area (Å²) in [4.78, 5) is 12.0. The third kappa shape index (κ3) is 4.13. The van der Waals surface area contributed by atoms with Gasteiger partial charge >= 0.3 is 0 Å². The van der Waals surface area contributed by atoms with Gasteiger partial charge in [0, 0.05) is 5.57 Å². The number of hydrogen-bond donors (Lipinski definition) is 0. The van der Waals surface area contributed by atoms with Crippen LogP contribution in [0.15, 0.2) is 71.1 Å². The van der Waals surface area contributed by atoms with Gasteiger partial charge in [0.05, 0.1) is 10.6 Å². The van der Waals surface area contributed by atoms with Gasteiger partial charge in [0.25, 0.3) is 0 Å². The van der Waals surface area contributed by atoms with Gasteiger partial charge in [0.15, 0.2) is 15.6 Å². The molecule has 0 unspecified atom stereocenters. The van der Waals surface area contributed by atoms with Crippen molar-refractivity contribution in [2.75, 3.05) is 5.75 Å². The predicted molar refractivity (Wildman–Crippen MR) is 83.6 cm³/mol. The number of benzene rings is 2. The molecule has 0 heterocycles. The molecule has 0 aliphatic heterocycles. The predicted octanol–water partition coefficient (Wildman–Crippen LogP) is 3.13. The van der Waals surface area contributed by atoms with Crippen LogP contribution in [0.3, 0.4) is 0 Å². The minimum atomic E-state index is -3.51. The molecule has 0 amide bonds. The lowest BCUT2D eigenvalue weighted by Crippen LogP contribution is -2.13. The van der Waals surface area contributed by atoms with E-state index in [1.54, 1.807) is 24.3 Å². The maximum absolute atomic E-state index is 12.3. The van der Waals surface area contributed by atoms with Crippen molar-refractivity contribution < 1.29 is 13.2 Å². The lowest BCUT2D eigenvalue weighted by Gasteiger charge is -2.06. The van der Waals surface area contributed by atoms with Crippen molar-refractivity contribution in [1.82, 2.24) is 0 Å². The number of carbonyl (C=O) groups excluding carboxylic acids is 1. The molecule has 0 atom stereocenters. The molecule has 0 bridgehead atoms. The Kier molecular flexibility index (Phi) is 4.70. The van der Waals surface area contributed by atoms with Crippen LogP contribution in [0.2, 0.25) is 0 Å². The summed E-state index contributed by atoms with van der Waals surface area (Å²) in [5.41, 5.74) is 1.09. The van der Waals surface area contributed by atoms with Crippen molar-refractivity contribution in [3.05, 3.63) is 71.8 Å². The van der Waals surface area contributed by atoms with Gasteiger partial charge in [-0.3, -0.25) is 4.79 Å². The van der Waals surface area contributed by atoms with Crippen LogP contribution >= 0.6 is 0 Å². The number of Topliss-reactive ketones (excluding diaryl/α,β-unsaturated/α-hetero) is 1. The summed E-state index contributed by atoms with van der Waals surface area (Å²) in [5.74, 6) is -0.528. The molecule has 0 aliphatic rings. The summed E-state index contributed by atoms with van der Waals surface area (Å²) in [6.07, 6.45) is 1.63. The van der Waals surface area contributed by atoms with Crippen LogP contribution < -0.4 is 0 Å². The number of rotatable bonds is 5. The lowest BCUT2D eigenvalue weighted by atomic mass is 10.1. The Bertz CT molecular complexity index is 745. The summed E-state index contributed by atoms with van der Waals surface area (Å²) in [6.45, 7) is 1.38. The first kappa shape index (κ1) is 15.2. The summed E-state index contributed by atoms with van der Waals surface area (Å²) in [5, 5.41) is 0. The number of sulfone groups is 1. The fourth-order valence-electron chi connectivity index (χ4n) is 1.91. The van der Waals surface area contributed by atoms with Crippen LogP contribution in [-0.2, 0) is 14.6 Å². The Morgan fingerprint density at radius 3 is 2.00 bits per heavy atom. The van der Waals surface area contributed by atoms with Crippen molar-refractivity contribution in [2.45, 2.75) is 11.8 Å². The highest BCUT2D eigenvalue weighted by atomic mass is 32.2. The van der Waals surface area contributed by atoms with Crippen LogP contribution in [0.4, 0.5) is 0 Å². The number of ketones is 1. The van der Waals surface area contributed by atoms with E-state index >= 15 is 0 Å². The van der Waals surface area contributed by atoms with Crippen molar-refractivity contribution in [1.29, 1.82) is 0 Å². The summed E-state index contributed by atoms with van der Waals surface area (Å²) >= 11 is 0. The van der Waals surface area contributed by atoms with Crippen LogP contribution in [0.5, 0.6) is 0 Å². The van der Waals surface area contributed by atoms with E-state index in [1.165, 1.54) is 19.1 Å². The van der Waals surface area contributed by atoms with Gasteiger partial charge in [-0.15, -0.1) is 0 Å². The lowest BCUT2D eigenvalue weighted by molar-refractivity contribution is -0.113. The highest BCUT2D eigenvalue weighted by Crippen LogP contribution is 2.16. The average Bonchev–Trinajstić information content (AvgIpc) is 2.48. The van der Waals surface area contributed by atoms with Crippen LogP contribution in [0, 0.1) is 0 Å². The highest BCUT2D eigenvalue weighted by Gasteiger charge is 2.18. The maximum Gasteiger partial charge on any atom is 0.182 e. The Labute approximate surface area is 124 Å². The third-order valence-corrected chi connectivity index (χ3v) is 4.72. The Hall–Kier alpha value is -2.20. The second-order valence-electron chi connectivity index (χ2n) is 4.71. The van der Waals surface area contributed by atoms with E-state index < -0.39 is 9.84 Å². The zero-order chi connectivity index (χ0) is 15.3. The minimum Gasteiger partial charge on any atom is -0.295 e. The molecule has 21 heavy (non-hydrogen) atoms. The summed E-state index contributed by atoms with van der Waals surface area (Å²) in [7, 11) is -3.51. The maximum atomic E-state index is 12.3. The molecule has 0 aromatic heterocycles. The minimum absolute atomic E-state index is 0.227. The Balaban J connectivity index is 2.34. The van der Waals surface area contributed by atoms with Crippen molar-refractivity contribution in [3.63, 3.8) is 0 Å². The first-order chi connectivity index (χ1) is 9.99. The molecule has 0 fully saturated rings. The zero-order valence-corrected chi connectivity index (χ0v) is 12.5. The van der Waals surface area contributed by atoms with Gasteiger partial charge in [-0.1, -0.05) is 48.5 Å². The third-order valence-electron chi connectivity index (χ3n) is 3.04. The summed E-state index contributed by atoms with van der Waals surface area (Å²) < 4.78 is 24.7. The number of hydrogen-bond acceptors (Lipinski definition) is 3. The van der Waals surface area contributed by atoms with E-state index in [-0.39, 0.29) is 22.0 Å². The second-order valence-corrected chi connectivity index (χ2v) is 6.70. The first-order valence-electron chi connectivity index (χ1n) is 6.53. The molecule has 0 spiro atoms. The molecule has 2 rings (SSSR count). The van der Waals surface area contributed by atoms with Gasteiger partial charge in [-0.05, 0) is 30.7 Å². The van der Waals surface area contributed by atoms with E-state index in [2.05, 4.69) is 0 Å². The molecule has 108 valence electrons. The fraction of sp³-hybridized carbons (Fsp3) is 0.118. The van der Waals surface area contributed by atoms with Crippen LogP contribution in [0.25, 0.3) is 6.08 Å².